The zero-order valence-corrected chi connectivity index (χ0v) is 8.91. The molecule has 0 aliphatic rings. The third kappa shape index (κ3) is 3.74. The number of hydrogen-bond acceptors (Lipinski definition) is 3. The second kappa shape index (κ2) is 5.59. The van der Waals surface area contributed by atoms with E-state index in [1.165, 1.54) is 0 Å². The molecule has 0 rings (SSSR count). The van der Waals surface area contributed by atoms with Crippen molar-refractivity contribution in [2.45, 2.75) is 39.3 Å². The fourth-order valence-electron chi connectivity index (χ4n) is 1.01. The normalized spacial score (nSPS) is 16.9. The molecule has 14 heavy (non-hydrogen) atoms. The van der Waals surface area contributed by atoms with Gasteiger partial charge in [-0.3, -0.25) is 9.59 Å². The quantitative estimate of drug-likeness (QED) is 0.551. The molecule has 0 spiro atoms. The van der Waals surface area contributed by atoms with Crippen LogP contribution in [0.1, 0.15) is 27.2 Å². The third-order valence-corrected chi connectivity index (χ3v) is 2.23. The summed E-state index contributed by atoms with van der Waals surface area (Å²) in [5.74, 6) is -0.849. The van der Waals surface area contributed by atoms with Crippen LogP contribution in [-0.2, 0) is 9.59 Å². The Kier molecular flexibility index (Phi) is 5.15. The number of primary amides is 1. The van der Waals surface area contributed by atoms with Gasteiger partial charge in [-0.25, -0.2) is 0 Å². The molecule has 0 saturated heterocycles. The minimum absolute atomic E-state index is 0.0233. The SMILES string of the molecule is CC[C@@H](C)[C@H](NC(=O)[C@@H](C)N)C(N)=O. The molecule has 5 heteroatoms. The summed E-state index contributed by atoms with van der Waals surface area (Å²) in [6.07, 6.45) is 0.771. The Hall–Kier alpha value is -1.10. The molecule has 0 unspecified atom stereocenters. The number of nitrogens with one attached hydrogen (secondary N) is 1. The van der Waals surface area contributed by atoms with Crippen LogP contribution in [0.5, 0.6) is 0 Å². The summed E-state index contributed by atoms with van der Waals surface area (Å²) < 4.78 is 0. The average molecular weight is 201 g/mol. The van der Waals surface area contributed by atoms with Crippen molar-refractivity contribution in [2.24, 2.45) is 17.4 Å². The largest absolute Gasteiger partial charge is 0.368 e. The second-order valence-corrected chi connectivity index (χ2v) is 3.56. The van der Waals surface area contributed by atoms with Gasteiger partial charge >= 0.3 is 0 Å². The molecule has 0 heterocycles. The van der Waals surface area contributed by atoms with Crippen LogP contribution in [0.25, 0.3) is 0 Å². The van der Waals surface area contributed by atoms with E-state index < -0.39 is 18.0 Å². The number of rotatable bonds is 5. The summed E-state index contributed by atoms with van der Waals surface area (Å²) in [5, 5.41) is 2.53. The van der Waals surface area contributed by atoms with Crippen molar-refractivity contribution in [2.75, 3.05) is 0 Å². The van der Waals surface area contributed by atoms with Crippen molar-refractivity contribution < 1.29 is 9.59 Å². The summed E-state index contributed by atoms with van der Waals surface area (Å²) in [5.41, 5.74) is 10.5. The fraction of sp³-hybridized carbons (Fsp3) is 0.778. The molecule has 0 aromatic heterocycles. The first kappa shape index (κ1) is 12.9. The molecule has 2 amide bonds. The molecule has 0 bridgehead atoms. The van der Waals surface area contributed by atoms with E-state index in [1.807, 2.05) is 13.8 Å². The highest BCUT2D eigenvalue weighted by atomic mass is 16.2. The molecule has 0 aromatic rings. The number of carbonyl (C=O) groups excluding carboxylic acids is 2. The van der Waals surface area contributed by atoms with E-state index >= 15 is 0 Å². The van der Waals surface area contributed by atoms with Crippen LogP contribution in [0.15, 0.2) is 0 Å². The van der Waals surface area contributed by atoms with Crippen LogP contribution in [0.2, 0.25) is 0 Å². The third-order valence-electron chi connectivity index (χ3n) is 2.23. The van der Waals surface area contributed by atoms with Gasteiger partial charge in [-0.2, -0.15) is 0 Å². The number of hydrogen-bond donors (Lipinski definition) is 3. The molecule has 82 valence electrons. The fourth-order valence-corrected chi connectivity index (χ4v) is 1.01. The first-order valence-corrected chi connectivity index (χ1v) is 4.75. The molecule has 5 N–H and O–H groups in total. The van der Waals surface area contributed by atoms with Gasteiger partial charge in [0.2, 0.25) is 11.8 Å². The molecular weight excluding hydrogens is 182 g/mol. The lowest BCUT2D eigenvalue weighted by Crippen LogP contribution is -2.52. The number of carbonyl (C=O) groups is 2. The highest BCUT2D eigenvalue weighted by Crippen LogP contribution is 2.07. The van der Waals surface area contributed by atoms with Gasteiger partial charge in [0, 0.05) is 0 Å². The number of nitrogens with two attached hydrogens (primary N) is 2. The lowest BCUT2D eigenvalue weighted by atomic mass is 9.98. The lowest BCUT2D eigenvalue weighted by molar-refractivity contribution is -0.129. The van der Waals surface area contributed by atoms with Crippen molar-refractivity contribution >= 4 is 11.8 Å². The van der Waals surface area contributed by atoms with Gasteiger partial charge in [0.25, 0.3) is 0 Å². The first-order chi connectivity index (χ1) is 6.40. The summed E-state index contributed by atoms with van der Waals surface area (Å²) in [6.45, 7) is 5.35. The maximum Gasteiger partial charge on any atom is 0.240 e. The molecule has 0 aromatic carbocycles. The van der Waals surface area contributed by atoms with Gasteiger partial charge in [0.1, 0.15) is 6.04 Å². The zero-order valence-electron chi connectivity index (χ0n) is 8.91. The first-order valence-electron chi connectivity index (χ1n) is 4.75. The summed E-state index contributed by atoms with van der Waals surface area (Å²) in [4.78, 5) is 22.3. The Labute approximate surface area is 84.2 Å². The maximum atomic E-state index is 11.2. The molecule has 0 radical (unpaired) electrons. The van der Waals surface area contributed by atoms with Crippen molar-refractivity contribution in [3.05, 3.63) is 0 Å². The Bertz CT molecular complexity index is 216. The van der Waals surface area contributed by atoms with E-state index in [2.05, 4.69) is 5.32 Å². The molecule has 5 nitrogen and oxygen atoms in total. The molecule has 3 atom stereocenters. The van der Waals surface area contributed by atoms with Gasteiger partial charge in [0.05, 0.1) is 6.04 Å². The average Bonchev–Trinajstić information content (AvgIpc) is 2.11. The van der Waals surface area contributed by atoms with Crippen molar-refractivity contribution in [3.8, 4) is 0 Å². The summed E-state index contributed by atoms with van der Waals surface area (Å²) in [7, 11) is 0. The lowest BCUT2D eigenvalue weighted by Gasteiger charge is -2.21. The van der Waals surface area contributed by atoms with Gasteiger partial charge in [-0.15, -0.1) is 0 Å². The minimum Gasteiger partial charge on any atom is -0.368 e. The van der Waals surface area contributed by atoms with Gasteiger partial charge in [-0.1, -0.05) is 20.3 Å². The molecule has 0 aliphatic carbocycles. The van der Waals surface area contributed by atoms with E-state index in [1.54, 1.807) is 6.92 Å². The van der Waals surface area contributed by atoms with Crippen molar-refractivity contribution in [1.29, 1.82) is 0 Å². The standard InChI is InChI=1S/C9H19N3O2/c1-4-5(2)7(8(11)13)12-9(14)6(3)10/h5-7H,4,10H2,1-3H3,(H2,11,13)(H,12,14)/t5-,6-,7+/m1/s1. The Morgan fingerprint density at radius 2 is 1.86 bits per heavy atom. The van der Waals surface area contributed by atoms with Gasteiger partial charge < -0.3 is 16.8 Å². The van der Waals surface area contributed by atoms with Crippen molar-refractivity contribution in [1.82, 2.24) is 5.32 Å². The monoisotopic (exact) mass is 201 g/mol. The van der Waals surface area contributed by atoms with E-state index in [9.17, 15) is 9.59 Å². The highest BCUT2D eigenvalue weighted by Gasteiger charge is 2.24. The van der Waals surface area contributed by atoms with E-state index in [0.29, 0.717) is 0 Å². The Morgan fingerprint density at radius 1 is 1.36 bits per heavy atom. The molecular formula is C9H19N3O2. The predicted octanol–water partition coefficient (Wildman–Crippen LogP) is -0.650. The summed E-state index contributed by atoms with van der Waals surface area (Å²) >= 11 is 0. The topological polar surface area (TPSA) is 98.2 Å². The second-order valence-electron chi connectivity index (χ2n) is 3.56. The zero-order chi connectivity index (χ0) is 11.3. The summed E-state index contributed by atoms with van der Waals surface area (Å²) in [6, 6.07) is -1.25. The predicted molar refractivity (Wildman–Crippen MR) is 54.2 cm³/mol. The van der Waals surface area contributed by atoms with Crippen LogP contribution in [0.3, 0.4) is 0 Å². The van der Waals surface area contributed by atoms with E-state index in [-0.39, 0.29) is 11.8 Å². The maximum absolute atomic E-state index is 11.2. The molecule has 0 aliphatic heterocycles. The number of amides is 2. The van der Waals surface area contributed by atoms with Crippen molar-refractivity contribution in [3.63, 3.8) is 0 Å². The molecule has 0 fully saturated rings. The van der Waals surface area contributed by atoms with Crippen LogP contribution in [0, 0.1) is 5.92 Å². The van der Waals surface area contributed by atoms with Crippen LogP contribution >= 0.6 is 0 Å². The van der Waals surface area contributed by atoms with Crippen LogP contribution in [0.4, 0.5) is 0 Å². The van der Waals surface area contributed by atoms with Gasteiger partial charge in [0.15, 0.2) is 0 Å². The van der Waals surface area contributed by atoms with Crippen LogP contribution < -0.4 is 16.8 Å². The smallest absolute Gasteiger partial charge is 0.240 e. The molecule has 0 saturated carbocycles. The Morgan fingerprint density at radius 3 is 2.14 bits per heavy atom. The van der Waals surface area contributed by atoms with E-state index in [0.717, 1.165) is 6.42 Å². The van der Waals surface area contributed by atoms with Gasteiger partial charge in [-0.05, 0) is 12.8 Å². The van der Waals surface area contributed by atoms with E-state index in [4.69, 9.17) is 11.5 Å². The van der Waals surface area contributed by atoms with Crippen LogP contribution in [-0.4, -0.2) is 23.9 Å². The highest BCUT2D eigenvalue weighted by molar-refractivity contribution is 5.88. The minimum atomic E-state index is -0.626. The Balaban J connectivity index is 4.38.